The van der Waals surface area contributed by atoms with Crippen LogP contribution < -0.4 is 10.1 Å². The number of methoxy groups -OCH3 is 1. The molecule has 0 bridgehead atoms. The molecule has 0 aliphatic rings. The van der Waals surface area contributed by atoms with E-state index >= 15 is 0 Å². The molecule has 4 aromatic rings. The number of carboxylic acid groups (broad SMARTS) is 1. The first kappa shape index (κ1) is 25.9. The Morgan fingerprint density at radius 1 is 0.892 bits per heavy atom. The van der Waals surface area contributed by atoms with Gasteiger partial charge in [0.05, 0.1) is 7.11 Å². The number of carbonyl (C=O) groups is 2. The number of hydrogen-bond donors (Lipinski definition) is 2. The average Bonchev–Trinajstić information content (AvgIpc) is 2.92. The number of anilines is 1. The summed E-state index contributed by atoms with van der Waals surface area (Å²) in [6.07, 6.45) is 2.09. The van der Waals surface area contributed by atoms with Crippen LogP contribution in [0, 0.1) is 0 Å². The third kappa shape index (κ3) is 6.96. The summed E-state index contributed by atoms with van der Waals surface area (Å²) >= 11 is 5.99. The quantitative estimate of drug-likeness (QED) is 0.207. The lowest BCUT2D eigenvalue weighted by Gasteiger charge is -2.14. The maximum atomic E-state index is 12.3. The first-order valence-electron chi connectivity index (χ1n) is 11.9. The fourth-order valence-electron chi connectivity index (χ4n) is 3.97. The van der Waals surface area contributed by atoms with Crippen LogP contribution in [0.4, 0.5) is 5.69 Å². The minimum atomic E-state index is -0.909. The van der Waals surface area contributed by atoms with Gasteiger partial charge in [-0.2, -0.15) is 0 Å². The molecule has 0 amide bonds. The number of nitrogens with zero attached hydrogens (tertiary/aromatic N) is 1. The summed E-state index contributed by atoms with van der Waals surface area (Å²) < 4.78 is 5.43. The highest BCUT2D eigenvalue weighted by Gasteiger charge is 2.12. The van der Waals surface area contributed by atoms with E-state index in [9.17, 15) is 9.59 Å². The molecule has 1 heterocycles. The van der Waals surface area contributed by atoms with Gasteiger partial charge >= 0.3 is 5.97 Å². The number of pyridine rings is 1. The summed E-state index contributed by atoms with van der Waals surface area (Å²) in [6.45, 7) is 0.579. The van der Waals surface area contributed by atoms with Crippen molar-refractivity contribution in [2.24, 2.45) is 0 Å². The Labute approximate surface area is 220 Å². The molecule has 0 spiro atoms. The molecule has 0 aliphatic carbocycles. The molecule has 1 aromatic heterocycles. The third-order valence-electron chi connectivity index (χ3n) is 6.02. The number of nitrogens with one attached hydrogen (secondary N) is 1. The van der Waals surface area contributed by atoms with E-state index in [1.54, 1.807) is 19.4 Å². The summed E-state index contributed by atoms with van der Waals surface area (Å²) in [5, 5.41) is 13.0. The third-order valence-corrected chi connectivity index (χ3v) is 6.27. The zero-order valence-corrected chi connectivity index (χ0v) is 21.2. The van der Waals surface area contributed by atoms with Gasteiger partial charge in [0, 0.05) is 41.9 Å². The molecule has 3 aromatic carbocycles. The van der Waals surface area contributed by atoms with Crippen LogP contribution in [0.2, 0.25) is 5.02 Å². The van der Waals surface area contributed by atoms with Crippen molar-refractivity contribution in [3.05, 3.63) is 101 Å². The second-order valence-electron chi connectivity index (χ2n) is 8.56. The maximum absolute atomic E-state index is 12.3. The number of ether oxygens (including phenoxy) is 1. The highest BCUT2D eigenvalue weighted by Crippen LogP contribution is 2.29. The van der Waals surface area contributed by atoms with E-state index in [4.69, 9.17) is 21.4 Å². The number of hydrogen-bond acceptors (Lipinski definition) is 5. The van der Waals surface area contributed by atoms with Gasteiger partial charge in [0.15, 0.2) is 5.78 Å². The van der Waals surface area contributed by atoms with Crippen molar-refractivity contribution >= 4 is 29.0 Å². The Kier molecular flexibility index (Phi) is 8.54. The molecule has 0 saturated carbocycles. The fourth-order valence-corrected chi connectivity index (χ4v) is 4.10. The van der Waals surface area contributed by atoms with Crippen LogP contribution in [0.1, 0.15) is 35.3 Å². The van der Waals surface area contributed by atoms with Crippen molar-refractivity contribution in [1.29, 1.82) is 0 Å². The predicted molar refractivity (Wildman–Crippen MR) is 146 cm³/mol. The maximum Gasteiger partial charge on any atom is 0.303 e. The van der Waals surface area contributed by atoms with E-state index < -0.39 is 5.97 Å². The smallest absolute Gasteiger partial charge is 0.303 e. The van der Waals surface area contributed by atoms with Crippen molar-refractivity contribution in [2.45, 2.75) is 25.8 Å². The molecule has 0 atom stereocenters. The van der Waals surface area contributed by atoms with Gasteiger partial charge in [-0.3, -0.25) is 14.6 Å². The van der Waals surface area contributed by atoms with Crippen molar-refractivity contribution in [2.75, 3.05) is 12.4 Å². The van der Waals surface area contributed by atoms with E-state index in [0.29, 0.717) is 23.7 Å². The minimum absolute atomic E-state index is 0.0339. The number of ketones is 1. The molecular formula is C30H27ClN2O4. The van der Waals surface area contributed by atoms with Gasteiger partial charge < -0.3 is 15.2 Å². The van der Waals surface area contributed by atoms with E-state index in [-0.39, 0.29) is 18.6 Å². The first-order chi connectivity index (χ1) is 17.9. The Morgan fingerprint density at radius 2 is 1.57 bits per heavy atom. The number of aliphatic carboxylic acids is 1. The zero-order chi connectivity index (χ0) is 26.2. The zero-order valence-electron chi connectivity index (χ0n) is 20.4. The van der Waals surface area contributed by atoms with E-state index in [1.807, 2.05) is 60.7 Å². The van der Waals surface area contributed by atoms with Crippen molar-refractivity contribution in [1.82, 2.24) is 4.98 Å². The normalized spacial score (nSPS) is 10.6. The molecule has 0 saturated heterocycles. The lowest BCUT2D eigenvalue weighted by molar-refractivity contribution is -0.137. The van der Waals surface area contributed by atoms with Gasteiger partial charge in [-0.05, 0) is 71.1 Å². The number of benzene rings is 3. The Balaban J connectivity index is 1.47. The summed E-state index contributed by atoms with van der Waals surface area (Å²) in [5.74, 6) is -0.352. The number of carboxylic acids is 1. The van der Waals surface area contributed by atoms with Gasteiger partial charge in [0.2, 0.25) is 0 Å². The van der Waals surface area contributed by atoms with Crippen LogP contribution >= 0.6 is 11.6 Å². The summed E-state index contributed by atoms with van der Waals surface area (Å²) in [5.41, 5.74) is 6.38. The molecule has 7 heteroatoms. The molecule has 188 valence electrons. The molecule has 2 N–H and O–H groups in total. The van der Waals surface area contributed by atoms with Gasteiger partial charge in [0.25, 0.3) is 0 Å². The average molecular weight is 515 g/mol. The number of rotatable bonds is 11. The molecule has 0 fully saturated rings. The second-order valence-corrected chi connectivity index (χ2v) is 9.00. The molecule has 6 nitrogen and oxygen atoms in total. The monoisotopic (exact) mass is 514 g/mol. The van der Waals surface area contributed by atoms with Crippen LogP contribution in [0.3, 0.4) is 0 Å². The molecule has 0 aliphatic heterocycles. The van der Waals surface area contributed by atoms with Gasteiger partial charge in [-0.15, -0.1) is 0 Å². The van der Waals surface area contributed by atoms with Crippen LogP contribution in [0.15, 0.2) is 85.1 Å². The highest BCUT2D eigenvalue weighted by atomic mass is 35.5. The lowest BCUT2D eigenvalue weighted by atomic mass is 9.99. The standard InChI is InChI=1S/C30H27ClN2O4/c1-37-26-15-9-22(18-32-25-13-7-21(8-14-25)20-5-11-24(31)12-6-20)27(17-26)23-10-16-28(33-19-23)29(34)3-2-4-30(35)36/h5-17,19,32H,2-4,18H2,1H3,(H,35,36). The predicted octanol–water partition coefficient (Wildman–Crippen LogP) is 7.13. The summed E-state index contributed by atoms with van der Waals surface area (Å²) in [6, 6.07) is 25.4. The van der Waals surface area contributed by atoms with Crippen molar-refractivity contribution in [3.63, 3.8) is 0 Å². The fraction of sp³-hybridized carbons (Fsp3) is 0.167. The molecule has 0 unspecified atom stereocenters. The Morgan fingerprint density at radius 3 is 2.19 bits per heavy atom. The Bertz CT molecular complexity index is 1370. The van der Waals surface area contributed by atoms with Crippen molar-refractivity contribution < 1.29 is 19.4 Å². The topological polar surface area (TPSA) is 88.5 Å². The summed E-state index contributed by atoms with van der Waals surface area (Å²) in [7, 11) is 1.62. The molecule has 37 heavy (non-hydrogen) atoms. The number of Topliss-reactive ketones (excluding diaryl/α,β-unsaturated/α-hetero) is 1. The van der Waals surface area contributed by atoms with Gasteiger partial charge in [0.1, 0.15) is 11.4 Å². The van der Waals surface area contributed by atoms with Crippen LogP contribution in [0.5, 0.6) is 5.75 Å². The molecule has 0 radical (unpaired) electrons. The Hall–Kier alpha value is -4.16. The second kappa shape index (κ2) is 12.2. The van der Waals surface area contributed by atoms with Gasteiger partial charge in [-0.1, -0.05) is 48.0 Å². The first-order valence-corrected chi connectivity index (χ1v) is 12.3. The molecular weight excluding hydrogens is 488 g/mol. The van der Waals surface area contributed by atoms with Crippen LogP contribution in [-0.2, 0) is 11.3 Å². The lowest BCUT2D eigenvalue weighted by Crippen LogP contribution is -2.05. The minimum Gasteiger partial charge on any atom is -0.497 e. The number of halogens is 1. The SMILES string of the molecule is COc1ccc(CNc2ccc(-c3ccc(Cl)cc3)cc2)c(-c2ccc(C(=O)CCCC(=O)O)nc2)c1. The van der Waals surface area contributed by atoms with E-state index in [1.165, 1.54) is 0 Å². The molecule has 4 rings (SSSR count). The van der Waals surface area contributed by atoms with Gasteiger partial charge in [-0.25, -0.2) is 0 Å². The van der Waals surface area contributed by atoms with E-state index in [0.717, 1.165) is 39.3 Å². The van der Waals surface area contributed by atoms with Crippen LogP contribution in [0.25, 0.3) is 22.3 Å². The van der Waals surface area contributed by atoms with Crippen LogP contribution in [-0.4, -0.2) is 29.0 Å². The highest BCUT2D eigenvalue weighted by molar-refractivity contribution is 6.30. The number of aromatic nitrogens is 1. The van der Waals surface area contributed by atoms with E-state index in [2.05, 4.69) is 22.4 Å². The van der Waals surface area contributed by atoms with Crippen molar-refractivity contribution in [3.8, 4) is 28.0 Å². The number of carbonyl (C=O) groups excluding carboxylic acids is 1. The largest absolute Gasteiger partial charge is 0.497 e. The summed E-state index contributed by atoms with van der Waals surface area (Å²) in [4.78, 5) is 27.4.